The molecule has 12 nitrogen and oxygen atoms in total. The highest BCUT2D eigenvalue weighted by Gasteiger charge is 2.62. The lowest BCUT2D eigenvalue weighted by Crippen LogP contribution is -2.66. The van der Waals surface area contributed by atoms with E-state index in [9.17, 15) is 38.3 Å². The summed E-state index contributed by atoms with van der Waals surface area (Å²) in [6.45, 7) is 2.28. The fraction of sp³-hybridized carbons (Fsp3) is 0.207. The van der Waals surface area contributed by atoms with Crippen LogP contribution in [0.4, 0.5) is 5.69 Å². The van der Waals surface area contributed by atoms with Gasteiger partial charge in [0.1, 0.15) is 4.90 Å². The summed E-state index contributed by atoms with van der Waals surface area (Å²) in [5, 5.41) is 12.1. The molecule has 0 saturated carbocycles. The molecule has 0 N–H and O–H groups in total. The monoisotopic (exact) mass is 590 g/mol. The molecule has 0 aromatic heterocycles. The van der Waals surface area contributed by atoms with Crippen LogP contribution >= 0.6 is 0 Å². The van der Waals surface area contributed by atoms with Gasteiger partial charge in [0.2, 0.25) is 0 Å². The van der Waals surface area contributed by atoms with Crippen molar-refractivity contribution >= 4 is 46.0 Å². The lowest BCUT2D eigenvalue weighted by Gasteiger charge is -2.35. The number of fused-ring (bicyclic) bond motifs is 4. The Bertz CT molecular complexity index is 1690. The second-order valence-electron chi connectivity index (χ2n) is 9.28. The number of hydrogen-bond acceptors (Lipinski definition) is 10. The summed E-state index contributed by atoms with van der Waals surface area (Å²) in [5.41, 5.74) is -2.79. The number of ketones is 1. The van der Waals surface area contributed by atoms with Crippen molar-refractivity contribution in [1.29, 1.82) is 0 Å². The van der Waals surface area contributed by atoms with Crippen LogP contribution in [0.15, 0.2) is 65.6 Å². The van der Waals surface area contributed by atoms with Crippen molar-refractivity contribution in [2.45, 2.75) is 24.3 Å². The molecule has 0 saturated heterocycles. The molecule has 2 amide bonds. The van der Waals surface area contributed by atoms with Gasteiger partial charge in [-0.05, 0) is 43.2 Å². The van der Waals surface area contributed by atoms with Crippen molar-refractivity contribution in [3.63, 3.8) is 0 Å². The van der Waals surface area contributed by atoms with E-state index in [0.717, 1.165) is 6.07 Å². The highest BCUT2D eigenvalue weighted by atomic mass is 32.2. The van der Waals surface area contributed by atoms with Crippen LogP contribution in [0.1, 0.15) is 50.5 Å². The summed E-state index contributed by atoms with van der Waals surface area (Å²) >= 11 is 0. The lowest BCUT2D eigenvalue weighted by atomic mass is 9.99. The number of imide groups is 1. The first-order valence-corrected chi connectivity index (χ1v) is 14.1. The van der Waals surface area contributed by atoms with E-state index >= 15 is 0 Å². The number of amides is 2. The minimum Gasteiger partial charge on any atom is -0.464 e. The number of rotatable bonds is 9. The van der Waals surface area contributed by atoms with Crippen LogP contribution < -0.4 is 0 Å². The number of esters is 2. The largest absolute Gasteiger partial charge is 0.464 e. The molecular formula is C29H22N2O10S. The topological polar surface area (TPSA) is 167 Å². The molecule has 5 rings (SSSR count). The average molecular weight is 591 g/mol. The van der Waals surface area contributed by atoms with E-state index in [0.29, 0.717) is 16.0 Å². The minimum atomic E-state index is -2.90. The number of carbonyl (C=O) groups excluding carboxylic acids is 5. The molecule has 0 radical (unpaired) electrons. The molecule has 1 heterocycles. The van der Waals surface area contributed by atoms with Gasteiger partial charge in [0.25, 0.3) is 23.0 Å². The van der Waals surface area contributed by atoms with Crippen LogP contribution in [-0.4, -0.2) is 68.1 Å². The molecule has 0 bridgehead atoms. The molecule has 2 aliphatic rings. The highest BCUT2D eigenvalue weighted by Crippen LogP contribution is 2.42. The number of nitrogens with zero attached hydrogens (tertiary/aromatic N) is 2. The third-order valence-corrected chi connectivity index (χ3v) is 8.49. The van der Waals surface area contributed by atoms with Crippen LogP contribution in [0.5, 0.6) is 0 Å². The zero-order valence-corrected chi connectivity index (χ0v) is 23.1. The Hall–Kier alpha value is -5.04. The van der Waals surface area contributed by atoms with Gasteiger partial charge in [0.05, 0.1) is 45.8 Å². The Kier molecular flexibility index (Phi) is 7.29. The van der Waals surface area contributed by atoms with Crippen molar-refractivity contribution in [2.24, 2.45) is 0 Å². The summed E-state index contributed by atoms with van der Waals surface area (Å²) in [6, 6.07) is 14.3. The number of benzene rings is 3. The number of nitro benzene ring substituents is 1. The fourth-order valence-corrected chi connectivity index (χ4v) is 6.63. The van der Waals surface area contributed by atoms with Crippen LogP contribution in [0.25, 0.3) is 11.1 Å². The summed E-state index contributed by atoms with van der Waals surface area (Å²) < 4.78 is 24.4. The first-order chi connectivity index (χ1) is 20.1. The summed E-state index contributed by atoms with van der Waals surface area (Å²) in [7, 11) is -2.61. The standard InChI is InChI=1S/C29H22N2O10S/c1-3-40-27(35)29(28(36)41-4-2,30-25(33)18-11-7-8-12-19(18)26(30)34)15-42(39)23-14-20-16-9-5-6-10-17(16)24(32)21(20)13-22(23)31(37)38/h5-14H,3-4,15H2,1-2H3. The smallest absolute Gasteiger partial charge is 0.345 e. The van der Waals surface area contributed by atoms with Crippen LogP contribution in [-0.2, 0) is 29.9 Å². The van der Waals surface area contributed by atoms with Gasteiger partial charge in [-0.3, -0.25) is 28.7 Å². The summed E-state index contributed by atoms with van der Waals surface area (Å²) in [5.74, 6) is -6.41. The van der Waals surface area contributed by atoms with Crippen molar-refractivity contribution in [1.82, 2.24) is 4.90 Å². The van der Waals surface area contributed by atoms with E-state index in [1.165, 1.54) is 44.2 Å². The predicted molar refractivity (Wildman–Crippen MR) is 146 cm³/mol. The molecule has 0 fully saturated rings. The highest BCUT2D eigenvalue weighted by molar-refractivity contribution is 7.85. The normalized spacial score (nSPS) is 14.2. The summed E-state index contributed by atoms with van der Waals surface area (Å²) in [6.07, 6.45) is 0. The predicted octanol–water partition coefficient (Wildman–Crippen LogP) is 3.08. The van der Waals surface area contributed by atoms with Gasteiger partial charge in [-0.1, -0.05) is 36.4 Å². The zero-order chi connectivity index (χ0) is 30.3. The SMILES string of the molecule is CCOC(=O)C(CS(=O)c1cc2c(cc1[N+](=O)[O-])C(=O)c1ccccc1-2)(C(=O)OCC)N1C(=O)c2ccccc2C1=O. The second kappa shape index (κ2) is 10.7. The average Bonchev–Trinajstić information content (AvgIpc) is 3.41. The first-order valence-electron chi connectivity index (χ1n) is 12.8. The Balaban J connectivity index is 1.70. The van der Waals surface area contributed by atoms with Crippen molar-refractivity contribution in [2.75, 3.05) is 19.0 Å². The maximum Gasteiger partial charge on any atom is 0.345 e. The van der Waals surface area contributed by atoms with Gasteiger partial charge in [0, 0.05) is 17.2 Å². The lowest BCUT2D eigenvalue weighted by molar-refractivity contribution is -0.387. The van der Waals surface area contributed by atoms with E-state index in [4.69, 9.17) is 9.47 Å². The van der Waals surface area contributed by atoms with Gasteiger partial charge < -0.3 is 9.47 Å². The zero-order valence-electron chi connectivity index (χ0n) is 22.3. The van der Waals surface area contributed by atoms with Gasteiger partial charge >= 0.3 is 11.9 Å². The number of hydrogen-bond donors (Lipinski definition) is 0. The number of ether oxygens (including phenoxy) is 2. The third kappa shape index (κ3) is 4.20. The molecule has 0 spiro atoms. The van der Waals surface area contributed by atoms with E-state index in [1.54, 1.807) is 24.3 Å². The van der Waals surface area contributed by atoms with Gasteiger partial charge in [-0.15, -0.1) is 0 Å². The van der Waals surface area contributed by atoms with E-state index in [2.05, 4.69) is 0 Å². The molecule has 214 valence electrons. The minimum absolute atomic E-state index is 0.0195. The molecule has 3 aromatic rings. The van der Waals surface area contributed by atoms with Crippen molar-refractivity contribution < 1.29 is 42.6 Å². The van der Waals surface area contributed by atoms with Crippen LogP contribution in [0.3, 0.4) is 0 Å². The number of nitro groups is 1. The second-order valence-corrected chi connectivity index (χ2v) is 10.7. The van der Waals surface area contributed by atoms with Gasteiger partial charge in [-0.25, -0.2) is 14.5 Å². The molecule has 1 aliphatic carbocycles. The molecule has 3 aromatic carbocycles. The van der Waals surface area contributed by atoms with Gasteiger partial charge in [0.15, 0.2) is 5.78 Å². The van der Waals surface area contributed by atoms with Crippen LogP contribution in [0.2, 0.25) is 0 Å². The molecule has 42 heavy (non-hydrogen) atoms. The molecule has 13 heteroatoms. The Morgan fingerprint density at radius 3 is 1.81 bits per heavy atom. The van der Waals surface area contributed by atoms with E-state index in [1.807, 2.05) is 0 Å². The molecule has 1 atom stereocenters. The third-order valence-electron chi connectivity index (χ3n) is 6.99. The van der Waals surface area contributed by atoms with Crippen molar-refractivity contribution in [3.8, 4) is 11.1 Å². The van der Waals surface area contributed by atoms with E-state index < -0.39 is 67.1 Å². The first kappa shape index (κ1) is 28.5. The van der Waals surface area contributed by atoms with Crippen molar-refractivity contribution in [3.05, 3.63) is 93.0 Å². The Labute approximate surface area is 240 Å². The maximum absolute atomic E-state index is 14.1. The quantitative estimate of drug-likeness (QED) is 0.0929. The molecular weight excluding hydrogens is 568 g/mol. The Morgan fingerprint density at radius 2 is 1.31 bits per heavy atom. The molecule has 1 aliphatic heterocycles. The summed E-state index contributed by atoms with van der Waals surface area (Å²) in [4.78, 5) is 78.4. The number of carbonyl (C=O) groups is 5. The fourth-order valence-electron chi connectivity index (χ4n) is 5.12. The van der Waals surface area contributed by atoms with Crippen LogP contribution in [0, 0.1) is 10.1 Å². The maximum atomic E-state index is 14.1. The molecule has 1 unspecified atom stereocenters. The van der Waals surface area contributed by atoms with E-state index in [-0.39, 0.29) is 35.5 Å². The Morgan fingerprint density at radius 1 is 0.810 bits per heavy atom. The van der Waals surface area contributed by atoms with Gasteiger partial charge in [-0.2, -0.15) is 0 Å².